The van der Waals surface area contributed by atoms with Crippen LogP contribution < -0.4 is 5.32 Å². The first-order valence-corrected chi connectivity index (χ1v) is 9.69. The van der Waals surface area contributed by atoms with Crippen molar-refractivity contribution in [3.63, 3.8) is 0 Å². The van der Waals surface area contributed by atoms with Crippen molar-refractivity contribution in [3.05, 3.63) is 47.3 Å². The Hall–Kier alpha value is -2.58. The molecule has 0 spiro atoms. The second-order valence-corrected chi connectivity index (χ2v) is 9.38. The number of halogens is 1. The molecule has 1 aliphatic rings. The lowest BCUT2D eigenvalue weighted by Gasteiger charge is -2.29. The molecule has 0 amide bonds. The van der Waals surface area contributed by atoms with E-state index in [0.29, 0.717) is 5.69 Å². The van der Waals surface area contributed by atoms with Gasteiger partial charge in [-0.05, 0) is 40.2 Å². The van der Waals surface area contributed by atoms with Crippen LogP contribution in [-0.4, -0.2) is 22.2 Å². The van der Waals surface area contributed by atoms with E-state index in [0.717, 1.165) is 11.1 Å². The van der Waals surface area contributed by atoms with Gasteiger partial charge >= 0.3 is 0 Å². The average Bonchev–Trinajstić information content (AvgIpc) is 2.76. The number of anilines is 1. The largest absolute Gasteiger partial charge is 0.508 e. The smallest absolute Gasteiger partial charge is 0.159 e. The molecule has 5 heteroatoms. The number of carbonyl (C=O) groups excluding carboxylic acids is 1. The Morgan fingerprint density at radius 1 is 1.17 bits per heavy atom. The zero-order valence-corrected chi connectivity index (χ0v) is 17.9. The van der Waals surface area contributed by atoms with Crippen molar-refractivity contribution in [2.24, 2.45) is 5.92 Å². The van der Waals surface area contributed by atoms with Gasteiger partial charge in [0, 0.05) is 11.8 Å². The minimum absolute atomic E-state index is 0.112. The molecule has 1 aromatic carbocycles. The summed E-state index contributed by atoms with van der Waals surface area (Å²) in [5.41, 5.74) is 1.71. The molecule has 1 aliphatic carbocycles. The number of aromatic hydroxyl groups is 1. The maximum absolute atomic E-state index is 14.0. The Labute approximate surface area is 172 Å². The van der Waals surface area contributed by atoms with Crippen molar-refractivity contribution < 1.29 is 19.4 Å². The Balaban J connectivity index is 2.27. The Kier molecular flexibility index (Phi) is 6.60. The van der Waals surface area contributed by atoms with Crippen LogP contribution >= 0.6 is 0 Å². The highest BCUT2D eigenvalue weighted by molar-refractivity contribution is 5.87. The fourth-order valence-electron chi connectivity index (χ4n) is 3.19. The van der Waals surface area contributed by atoms with Crippen molar-refractivity contribution in [1.29, 1.82) is 0 Å². The highest BCUT2D eigenvalue weighted by Gasteiger charge is 2.28. The fraction of sp³-hybridized carbons (Fsp3) is 0.458. The molecule has 2 atom stereocenters. The average molecular weight is 400 g/mol. The van der Waals surface area contributed by atoms with Crippen molar-refractivity contribution in [1.82, 2.24) is 0 Å². The molecule has 0 fully saturated rings. The van der Waals surface area contributed by atoms with Crippen molar-refractivity contribution in [2.45, 2.75) is 65.0 Å². The summed E-state index contributed by atoms with van der Waals surface area (Å²) in [7, 11) is 0. The van der Waals surface area contributed by atoms with E-state index in [1.165, 1.54) is 18.2 Å². The third-order valence-electron chi connectivity index (χ3n) is 4.73. The Bertz CT molecular complexity index is 905. The van der Waals surface area contributed by atoms with E-state index in [-0.39, 0.29) is 23.0 Å². The van der Waals surface area contributed by atoms with Gasteiger partial charge in [-0.3, -0.25) is 4.79 Å². The first kappa shape index (κ1) is 22.7. The molecule has 0 bridgehead atoms. The second kappa shape index (κ2) is 8.42. The SMILES string of the molecule is CC(C)(C)c1cc(C(C)(C)C)c(NC(O)CC(=O)C2C#CC=CC=C2F)cc1O. The van der Waals surface area contributed by atoms with E-state index in [4.69, 9.17) is 0 Å². The van der Waals surface area contributed by atoms with E-state index >= 15 is 0 Å². The third kappa shape index (κ3) is 5.71. The summed E-state index contributed by atoms with van der Waals surface area (Å²) in [6, 6.07) is 3.50. The fourth-order valence-corrected chi connectivity index (χ4v) is 3.19. The lowest BCUT2D eigenvalue weighted by atomic mass is 9.79. The van der Waals surface area contributed by atoms with Crippen LogP contribution in [0.3, 0.4) is 0 Å². The summed E-state index contributed by atoms with van der Waals surface area (Å²) < 4.78 is 14.0. The number of aliphatic hydroxyl groups excluding tert-OH is 1. The van der Waals surface area contributed by atoms with E-state index in [1.54, 1.807) is 6.07 Å². The standard InChI is InChI=1S/C24H30FNO3/c1-23(2,3)16-12-17(24(4,5)6)21(28)13-19(16)26-22(29)14-20(27)15-10-8-7-9-11-18(15)25/h7,9,11-13,15,22,26,28-29H,14H2,1-6H3. The quantitative estimate of drug-likeness (QED) is 0.495. The van der Waals surface area contributed by atoms with Crippen LogP contribution in [0.4, 0.5) is 10.1 Å². The zero-order valence-electron chi connectivity index (χ0n) is 17.9. The van der Waals surface area contributed by atoms with E-state index in [1.807, 2.05) is 47.6 Å². The molecule has 29 heavy (non-hydrogen) atoms. The molecule has 2 rings (SSSR count). The summed E-state index contributed by atoms with van der Waals surface area (Å²) in [5.74, 6) is 2.96. The van der Waals surface area contributed by atoms with Gasteiger partial charge in [-0.25, -0.2) is 4.39 Å². The summed E-state index contributed by atoms with van der Waals surface area (Å²) in [4.78, 5) is 12.4. The minimum atomic E-state index is -1.24. The number of ketones is 1. The predicted molar refractivity (Wildman–Crippen MR) is 114 cm³/mol. The normalized spacial score (nSPS) is 17.7. The van der Waals surface area contributed by atoms with Crippen LogP contribution in [0.5, 0.6) is 5.75 Å². The highest BCUT2D eigenvalue weighted by atomic mass is 19.1. The van der Waals surface area contributed by atoms with E-state index in [2.05, 4.69) is 17.2 Å². The van der Waals surface area contributed by atoms with Gasteiger partial charge in [0.1, 0.15) is 23.7 Å². The monoisotopic (exact) mass is 399 g/mol. The number of phenolic OH excluding ortho intramolecular Hbond substituents is 1. The van der Waals surface area contributed by atoms with Crippen LogP contribution in [-0.2, 0) is 15.6 Å². The molecule has 0 saturated heterocycles. The van der Waals surface area contributed by atoms with Gasteiger partial charge in [-0.2, -0.15) is 0 Å². The first-order chi connectivity index (χ1) is 13.3. The number of phenols is 1. The number of carbonyl (C=O) groups is 1. The number of hydrogen-bond acceptors (Lipinski definition) is 4. The van der Waals surface area contributed by atoms with Gasteiger partial charge in [0.2, 0.25) is 0 Å². The molecule has 156 valence electrons. The number of benzene rings is 1. The molecule has 0 aromatic heterocycles. The lowest BCUT2D eigenvalue weighted by Crippen LogP contribution is -2.28. The van der Waals surface area contributed by atoms with Crippen LogP contribution in [0.2, 0.25) is 0 Å². The van der Waals surface area contributed by atoms with Gasteiger partial charge in [0.25, 0.3) is 0 Å². The molecule has 3 N–H and O–H groups in total. The van der Waals surface area contributed by atoms with Crippen molar-refractivity contribution >= 4 is 11.5 Å². The molecular formula is C24H30FNO3. The number of rotatable bonds is 5. The molecule has 0 heterocycles. The number of nitrogens with one attached hydrogen (secondary N) is 1. The number of allylic oxidation sites excluding steroid dienone is 4. The van der Waals surface area contributed by atoms with Gasteiger partial charge in [0.15, 0.2) is 5.78 Å². The summed E-state index contributed by atoms with van der Waals surface area (Å²) in [5, 5.41) is 23.9. The maximum Gasteiger partial charge on any atom is 0.159 e. The van der Waals surface area contributed by atoms with Gasteiger partial charge in [-0.1, -0.05) is 59.5 Å². The molecular weight excluding hydrogens is 369 g/mol. The molecule has 4 nitrogen and oxygen atoms in total. The summed E-state index contributed by atoms with van der Waals surface area (Å²) >= 11 is 0. The summed E-state index contributed by atoms with van der Waals surface area (Å²) in [6.07, 6.45) is 2.55. The van der Waals surface area contributed by atoms with Crippen LogP contribution in [0.1, 0.15) is 59.1 Å². The summed E-state index contributed by atoms with van der Waals surface area (Å²) in [6.45, 7) is 12.1. The van der Waals surface area contributed by atoms with Crippen LogP contribution in [0, 0.1) is 17.8 Å². The van der Waals surface area contributed by atoms with Crippen molar-refractivity contribution in [3.8, 4) is 17.6 Å². The molecule has 1 aromatic rings. The number of hydrogen-bond donors (Lipinski definition) is 3. The lowest BCUT2D eigenvalue weighted by molar-refractivity contribution is -0.122. The van der Waals surface area contributed by atoms with E-state index < -0.39 is 23.8 Å². The number of aliphatic hydroxyl groups is 1. The third-order valence-corrected chi connectivity index (χ3v) is 4.73. The Morgan fingerprint density at radius 3 is 2.38 bits per heavy atom. The van der Waals surface area contributed by atoms with E-state index in [9.17, 15) is 19.4 Å². The van der Waals surface area contributed by atoms with Crippen molar-refractivity contribution in [2.75, 3.05) is 5.32 Å². The maximum atomic E-state index is 14.0. The molecule has 0 saturated carbocycles. The molecule has 2 unspecified atom stereocenters. The Morgan fingerprint density at radius 2 is 1.79 bits per heavy atom. The number of Topliss-reactive ketones (excluding diaryl/α,β-unsaturated/α-hetero) is 1. The van der Waals surface area contributed by atoms with Crippen LogP contribution in [0.15, 0.2) is 36.2 Å². The van der Waals surface area contributed by atoms with Gasteiger partial charge in [-0.15, -0.1) is 0 Å². The van der Waals surface area contributed by atoms with Gasteiger partial charge in [0.05, 0.1) is 6.42 Å². The van der Waals surface area contributed by atoms with Crippen LogP contribution in [0.25, 0.3) is 0 Å². The minimum Gasteiger partial charge on any atom is -0.508 e. The second-order valence-electron chi connectivity index (χ2n) is 9.38. The predicted octanol–water partition coefficient (Wildman–Crippen LogP) is 4.72. The van der Waals surface area contributed by atoms with Gasteiger partial charge < -0.3 is 15.5 Å². The zero-order chi connectivity index (χ0) is 22.0. The first-order valence-electron chi connectivity index (χ1n) is 9.69. The molecule has 0 aliphatic heterocycles. The molecule has 0 radical (unpaired) electrons. The topological polar surface area (TPSA) is 69.6 Å². The highest BCUT2D eigenvalue weighted by Crippen LogP contribution is 2.39.